The van der Waals surface area contributed by atoms with E-state index in [1.54, 1.807) is 24.3 Å². The molecule has 1 N–H and O–H groups in total. The standard InChI is InChI=1S/C15H11N3O3/c1-9-5-4-8-12(16-9)14-18-17-13(21-14)10-6-2-3-7-11(10)15(19)20/h2-8H,1H3,(H,19,20). The zero-order valence-electron chi connectivity index (χ0n) is 11.1. The van der Waals surface area contributed by atoms with Crippen LogP contribution in [0.1, 0.15) is 16.1 Å². The van der Waals surface area contributed by atoms with Gasteiger partial charge in [-0.05, 0) is 31.2 Å². The molecule has 0 bridgehead atoms. The first-order valence-corrected chi connectivity index (χ1v) is 6.25. The lowest BCUT2D eigenvalue weighted by molar-refractivity contribution is 0.0697. The third-order valence-electron chi connectivity index (χ3n) is 2.92. The van der Waals surface area contributed by atoms with Crippen LogP contribution in [0, 0.1) is 6.92 Å². The first-order chi connectivity index (χ1) is 10.1. The van der Waals surface area contributed by atoms with Crippen molar-refractivity contribution in [3.8, 4) is 23.0 Å². The van der Waals surface area contributed by atoms with Crippen LogP contribution in [0.15, 0.2) is 46.9 Å². The molecule has 21 heavy (non-hydrogen) atoms. The van der Waals surface area contributed by atoms with Gasteiger partial charge in [-0.1, -0.05) is 18.2 Å². The van der Waals surface area contributed by atoms with E-state index in [2.05, 4.69) is 15.2 Å². The summed E-state index contributed by atoms with van der Waals surface area (Å²) in [6.07, 6.45) is 0. The lowest BCUT2D eigenvalue weighted by Crippen LogP contribution is -1.98. The van der Waals surface area contributed by atoms with Gasteiger partial charge in [-0.2, -0.15) is 0 Å². The highest BCUT2D eigenvalue weighted by Gasteiger charge is 2.17. The average Bonchev–Trinajstić information content (AvgIpc) is 2.97. The SMILES string of the molecule is Cc1cccc(-c2nnc(-c3ccccc3C(=O)O)o2)n1. The maximum Gasteiger partial charge on any atom is 0.336 e. The second kappa shape index (κ2) is 5.16. The molecule has 3 rings (SSSR count). The summed E-state index contributed by atoms with van der Waals surface area (Å²) in [5.74, 6) is -0.626. The number of carboxylic acids is 1. The smallest absolute Gasteiger partial charge is 0.336 e. The van der Waals surface area contributed by atoms with E-state index < -0.39 is 5.97 Å². The third-order valence-corrected chi connectivity index (χ3v) is 2.92. The highest BCUT2D eigenvalue weighted by molar-refractivity contribution is 5.94. The van der Waals surface area contributed by atoms with Crippen LogP contribution in [0.2, 0.25) is 0 Å². The van der Waals surface area contributed by atoms with Crippen molar-refractivity contribution in [2.75, 3.05) is 0 Å². The molecule has 0 aliphatic heterocycles. The van der Waals surface area contributed by atoms with Gasteiger partial charge in [0, 0.05) is 5.69 Å². The Labute approximate surface area is 120 Å². The van der Waals surface area contributed by atoms with Crippen molar-refractivity contribution in [1.29, 1.82) is 0 Å². The summed E-state index contributed by atoms with van der Waals surface area (Å²) in [5.41, 5.74) is 1.89. The highest BCUT2D eigenvalue weighted by atomic mass is 16.4. The van der Waals surface area contributed by atoms with E-state index in [-0.39, 0.29) is 17.3 Å². The second-order valence-corrected chi connectivity index (χ2v) is 4.43. The molecule has 6 nitrogen and oxygen atoms in total. The molecule has 3 aromatic rings. The minimum atomic E-state index is -1.04. The maximum absolute atomic E-state index is 11.2. The third kappa shape index (κ3) is 2.51. The predicted molar refractivity (Wildman–Crippen MR) is 74.7 cm³/mol. The molecule has 0 saturated heterocycles. The Morgan fingerprint density at radius 1 is 1.05 bits per heavy atom. The number of rotatable bonds is 3. The number of benzene rings is 1. The van der Waals surface area contributed by atoms with Crippen LogP contribution in [0.4, 0.5) is 0 Å². The van der Waals surface area contributed by atoms with E-state index in [1.807, 2.05) is 19.1 Å². The molecule has 0 aliphatic rings. The van der Waals surface area contributed by atoms with Crippen LogP contribution >= 0.6 is 0 Å². The van der Waals surface area contributed by atoms with Gasteiger partial charge < -0.3 is 9.52 Å². The van der Waals surface area contributed by atoms with E-state index in [0.717, 1.165) is 5.69 Å². The molecular formula is C15H11N3O3. The molecular weight excluding hydrogens is 270 g/mol. The largest absolute Gasteiger partial charge is 0.478 e. The summed E-state index contributed by atoms with van der Waals surface area (Å²) in [5, 5.41) is 17.0. The molecule has 1 aromatic carbocycles. The van der Waals surface area contributed by atoms with E-state index >= 15 is 0 Å². The average molecular weight is 281 g/mol. The lowest BCUT2D eigenvalue weighted by Gasteiger charge is -2.00. The van der Waals surface area contributed by atoms with Gasteiger partial charge in [-0.3, -0.25) is 0 Å². The number of aryl methyl sites for hydroxylation is 1. The number of hydrogen-bond donors (Lipinski definition) is 1. The fraction of sp³-hybridized carbons (Fsp3) is 0.0667. The van der Waals surface area contributed by atoms with Crippen molar-refractivity contribution in [3.05, 3.63) is 53.7 Å². The van der Waals surface area contributed by atoms with Crippen LogP contribution in [0.25, 0.3) is 23.0 Å². The summed E-state index contributed by atoms with van der Waals surface area (Å²) in [7, 11) is 0. The second-order valence-electron chi connectivity index (χ2n) is 4.43. The summed E-state index contributed by atoms with van der Waals surface area (Å²) in [6.45, 7) is 1.86. The van der Waals surface area contributed by atoms with Gasteiger partial charge in [-0.15, -0.1) is 10.2 Å². The van der Waals surface area contributed by atoms with Gasteiger partial charge in [0.25, 0.3) is 5.89 Å². The zero-order chi connectivity index (χ0) is 14.8. The fourth-order valence-electron chi connectivity index (χ4n) is 1.95. The first-order valence-electron chi connectivity index (χ1n) is 6.25. The molecule has 6 heteroatoms. The molecule has 0 amide bonds. The number of pyridine rings is 1. The van der Waals surface area contributed by atoms with Gasteiger partial charge in [0.1, 0.15) is 5.69 Å². The number of carbonyl (C=O) groups is 1. The van der Waals surface area contributed by atoms with Crippen molar-refractivity contribution in [1.82, 2.24) is 15.2 Å². The summed E-state index contributed by atoms with van der Waals surface area (Å²) >= 11 is 0. The van der Waals surface area contributed by atoms with Crippen LogP contribution in [0.3, 0.4) is 0 Å². The first kappa shape index (κ1) is 13.0. The Balaban J connectivity index is 2.05. The van der Waals surface area contributed by atoms with E-state index in [0.29, 0.717) is 11.3 Å². The van der Waals surface area contributed by atoms with Crippen LogP contribution < -0.4 is 0 Å². The van der Waals surface area contributed by atoms with Crippen LogP contribution in [-0.2, 0) is 0 Å². The van der Waals surface area contributed by atoms with Crippen LogP contribution in [0.5, 0.6) is 0 Å². The Bertz CT molecular complexity index is 811. The molecule has 0 aliphatic carbocycles. The van der Waals surface area contributed by atoms with Crippen molar-refractivity contribution in [2.45, 2.75) is 6.92 Å². The molecule has 2 aromatic heterocycles. The Kier molecular flexibility index (Phi) is 3.19. The van der Waals surface area contributed by atoms with Gasteiger partial charge in [0.15, 0.2) is 0 Å². The number of nitrogens with zero attached hydrogens (tertiary/aromatic N) is 3. The summed E-state index contributed by atoms with van der Waals surface area (Å²) < 4.78 is 5.55. The normalized spacial score (nSPS) is 10.5. The minimum Gasteiger partial charge on any atom is -0.478 e. The lowest BCUT2D eigenvalue weighted by atomic mass is 10.1. The predicted octanol–water partition coefficient (Wildman–Crippen LogP) is 2.81. The minimum absolute atomic E-state index is 0.116. The quantitative estimate of drug-likeness (QED) is 0.794. The maximum atomic E-state index is 11.2. The number of aromatic nitrogens is 3. The van der Waals surface area contributed by atoms with E-state index in [9.17, 15) is 9.90 Å². The topological polar surface area (TPSA) is 89.1 Å². The van der Waals surface area contributed by atoms with E-state index in [4.69, 9.17) is 4.42 Å². The molecule has 0 atom stereocenters. The molecule has 2 heterocycles. The zero-order valence-corrected chi connectivity index (χ0v) is 11.1. The summed E-state index contributed by atoms with van der Waals surface area (Å²) in [6, 6.07) is 11.9. The van der Waals surface area contributed by atoms with Crippen molar-refractivity contribution in [3.63, 3.8) is 0 Å². The Morgan fingerprint density at radius 3 is 2.57 bits per heavy atom. The Morgan fingerprint density at radius 2 is 1.81 bits per heavy atom. The van der Waals surface area contributed by atoms with Crippen molar-refractivity contribution < 1.29 is 14.3 Å². The summed E-state index contributed by atoms with van der Waals surface area (Å²) in [4.78, 5) is 15.5. The molecule has 104 valence electrons. The highest BCUT2D eigenvalue weighted by Crippen LogP contribution is 2.25. The molecule has 0 saturated carbocycles. The fourth-order valence-corrected chi connectivity index (χ4v) is 1.95. The monoisotopic (exact) mass is 281 g/mol. The van der Waals surface area contributed by atoms with Gasteiger partial charge >= 0.3 is 5.97 Å². The van der Waals surface area contributed by atoms with Crippen LogP contribution in [-0.4, -0.2) is 26.3 Å². The van der Waals surface area contributed by atoms with Crippen molar-refractivity contribution >= 4 is 5.97 Å². The van der Waals surface area contributed by atoms with Gasteiger partial charge in [-0.25, -0.2) is 9.78 Å². The number of aromatic carboxylic acids is 1. The Hall–Kier alpha value is -3.02. The molecule has 0 radical (unpaired) electrons. The molecule has 0 spiro atoms. The van der Waals surface area contributed by atoms with Gasteiger partial charge in [0.2, 0.25) is 5.89 Å². The number of hydrogen-bond acceptors (Lipinski definition) is 5. The van der Waals surface area contributed by atoms with Gasteiger partial charge in [0.05, 0.1) is 11.1 Å². The molecule has 0 unspecified atom stereocenters. The van der Waals surface area contributed by atoms with Crippen molar-refractivity contribution in [2.24, 2.45) is 0 Å². The molecule has 0 fully saturated rings. The van der Waals surface area contributed by atoms with E-state index in [1.165, 1.54) is 6.07 Å². The number of carboxylic acid groups (broad SMARTS) is 1.